The van der Waals surface area contributed by atoms with Gasteiger partial charge in [0.1, 0.15) is 0 Å². The van der Waals surface area contributed by atoms with Gasteiger partial charge < -0.3 is 10.6 Å². The van der Waals surface area contributed by atoms with Crippen LogP contribution in [0.4, 0.5) is 5.13 Å². The minimum absolute atomic E-state index is 0.00738. The van der Waals surface area contributed by atoms with Gasteiger partial charge in [0.25, 0.3) is 0 Å². The minimum Gasteiger partial charge on any atom is -0.306 e. The topological polar surface area (TPSA) is 54.0 Å². The van der Waals surface area contributed by atoms with Gasteiger partial charge in [0.15, 0.2) is 5.13 Å². The predicted octanol–water partition coefficient (Wildman–Crippen LogP) is 3.52. The van der Waals surface area contributed by atoms with E-state index in [2.05, 4.69) is 21.0 Å². The molecule has 2 fully saturated rings. The quantitative estimate of drug-likeness (QED) is 0.897. The van der Waals surface area contributed by atoms with Crippen LogP contribution < -0.4 is 10.6 Å². The van der Waals surface area contributed by atoms with Crippen LogP contribution in [0.2, 0.25) is 0 Å². The molecule has 0 radical (unpaired) electrons. The number of hydrogen-bond acceptors (Lipinski definition) is 4. The molecule has 1 aromatic heterocycles. The molecule has 1 saturated carbocycles. The van der Waals surface area contributed by atoms with Crippen LogP contribution >= 0.6 is 11.3 Å². The van der Waals surface area contributed by atoms with Crippen molar-refractivity contribution in [1.82, 2.24) is 10.3 Å². The van der Waals surface area contributed by atoms with Crippen molar-refractivity contribution in [1.29, 1.82) is 0 Å². The number of aromatic nitrogens is 1. The van der Waals surface area contributed by atoms with Crippen molar-refractivity contribution in [2.75, 3.05) is 11.9 Å². The minimum atomic E-state index is -0.00738. The lowest BCUT2D eigenvalue weighted by atomic mass is 9.87. The van der Waals surface area contributed by atoms with Gasteiger partial charge in [-0.3, -0.25) is 4.79 Å². The zero-order valence-electron chi connectivity index (χ0n) is 12.4. The number of carbonyl (C=O) groups is 1. The van der Waals surface area contributed by atoms with Gasteiger partial charge in [0.2, 0.25) is 5.91 Å². The van der Waals surface area contributed by atoms with E-state index >= 15 is 0 Å². The molecule has 0 bridgehead atoms. The van der Waals surface area contributed by atoms with E-state index in [4.69, 9.17) is 0 Å². The summed E-state index contributed by atoms with van der Waals surface area (Å²) in [5.74, 6) is 0.674. The second-order valence-electron chi connectivity index (χ2n) is 5.20. The molecule has 1 amide bonds. The highest BCUT2D eigenvalue weighted by Gasteiger charge is 2.25. The Bertz CT molecular complexity index is 423. The molecule has 112 valence electrons. The molecule has 2 N–H and O–H groups in total. The average molecular weight is 295 g/mol. The third kappa shape index (κ3) is 3.79. The second kappa shape index (κ2) is 7.74. The Kier molecular flexibility index (Phi) is 5.98. The molecule has 5 heteroatoms. The molecular weight excluding hydrogens is 270 g/mol. The largest absolute Gasteiger partial charge is 0.306 e. The van der Waals surface area contributed by atoms with Crippen molar-refractivity contribution < 1.29 is 4.79 Å². The maximum Gasteiger partial charge on any atom is 0.243 e. The van der Waals surface area contributed by atoms with Crippen LogP contribution in [0.5, 0.6) is 0 Å². The van der Waals surface area contributed by atoms with E-state index in [-0.39, 0.29) is 11.9 Å². The lowest BCUT2D eigenvalue weighted by molar-refractivity contribution is -0.119. The number of amides is 1. The molecule has 20 heavy (non-hydrogen) atoms. The Morgan fingerprint density at radius 1 is 1.30 bits per heavy atom. The zero-order chi connectivity index (χ0) is 14.4. The molecule has 1 aliphatic carbocycles. The highest BCUT2D eigenvalue weighted by Crippen LogP contribution is 2.34. The van der Waals surface area contributed by atoms with Crippen LogP contribution in [0.1, 0.15) is 64.0 Å². The van der Waals surface area contributed by atoms with Crippen molar-refractivity contribution >= 4 is 22.4 Å². The summed E-state index contributed by atoms with van der Waals surface area (Å²) >= 11 is 1.55. The monoisotopic (exact) mass is 295 g/mol. The number of nitrogens with one attached hydrogen (secondary N) is 2. The summed E-state index contributed by atoms with van der Waals surface area (Å²) < 4.78 is 0. The molecule has 2 aliphatic rings. The summed E-state index contributed by atoms with van der Waals surface area (Å²) in [7, 11) is 0. The molecule has 4 nitrogen and oxygen atoms in total. The Hall–Kier alpha value is -0.940. The summed E-state index contributed by atoms with van der Waals surface area (Å²) in [5, 5.41) is 8.88. The van der Waals surface area contributed by atoms with Crippen molar-refractivity contribution in [3.8, 4) is 0 Å². The fraction of sp³-hybridized carbons (Fsp3) is 0.733. The van der Waals surface area contributed by atoms with E-state index < -0.39 is 0 Å². The first-order valence-electron chi connectivity index (χ1n) is 7.82. The lowest BCUT2D eigenvalue weighted by Crippen LogP contribution is -2.50. The van der Waals surface area contributed by atoms with Gasteiger partial charge in [0.05, 0.1) is 11.7 Å². The number of thiazole rings is 1. The van der Waals surface area contributed by atoms with Gasteiger partial charge in [-0.15, -0.1) is 11.3 Å². The Morgan fingerprint density at radius 3 is 2.60 bits per heavy atom. The van der Waals surface area contributed by atoms with Gasteiger partial charge in [-0.2, -0.15) is 0 Å². The van der Waals surface area contributed by atoms with Crippen LogP contribution in [-0.2, 0) is 4.79 Å². The smallest absolute Gasteiger partial charge is 0.243 e. The Morgan fingerprint density at radius 2 is 2.00 bits per heavy atom. The molecule has 2 heterocycles. The zero-order valence-corrected chi connectivity index (χ0v) is 13.3. The van der Waals surface area contributed by atoms with E-state index in [0.29, 0.717) is 5.92 Å². The van der Waals surface area contributed by atoms with Crippen molar-refractivity contribution in [2.45, 2.75) is 64.3 Å². The molecule has 3 rings (SSSR count). The first-order valence-corrected chi connectivity index (χ1v) is 8.70. The number of anilines is 1. The summed E-state index contributed by atoms with van der Waals surface area (Å²) in [6.07, 6.45) is 7.43. The summed E-state index contributed by atoms with van der Waals surface area (Å²) in [6, 6.07) is -0.00738. The lowest BCUT2D eigenvalue weighted by Gasteiger charge is -2.25. The molecule has 1 atom stereocenters. The molecule has 0 aromatic carbocycles. The SMILES string of the molecule is CC.O=C(Nc1nc(C2CCCCC2)cs1)C1CCN1. The van der Waals surface area contributed by atoms with Crippen LogP contribution in [0, 0.1) is 0 Å². The van der Waals surface area contributed by atoms with Crippen LogP contribution in [-0.4, -0.2) is 23.5 Å². The number of rotatable bonds is 3. The number of hydrogen-bond donors (Lipinski definition) is 2. The molecule has 1 unspecified atom stereocenters. The van der Waals surface area contributed by atoms with Gasteiger partial charge >= 0.3 is 0 Å². The fourth-order valence-electron chi connectivity index (χ4n) is 2.63. The summed E-state index contributed by atoms with van der Waals surface area (Å²) in [4.78, 5) is 16.3. The Balaban J connectivity index is 0.000000704. The molecule has 1 aliphatic heterocycles. The van der Waals surface area contributed by atoms with E-state index in [0.717, 1.165) is 18.1 Å². The average Bonchev–Trinajstić information content (AvgIpc) is 2.88. The third-order valence-corrected chi connectivity index (χ3v) is 4.69. The molecule has 0 spiro atoms. The van der Waals surface area contributed by atoms with Gasteiger partial charge in [-0.05, 0) is 25.8 Å². The van der Waals surface area contributed by atoms with Crippen molar-refractivity contribution in [2.24, 2.45) is 0 Å². The second-order valence-corrected chi connectivity index (χ2v) is 6.06. The molecular formula is C15H25N3OS. The van der Waals surface area contributed by atoms with Gasteiger partial charge in [-0.25, -0.2) is 4.98 Å². The fourth-order valence-corrected chi connectivity index (χ4v) is 3.43. The Labute approximate surface area is 125 Å². The highest BCUT2D eigenvalue weighted by atomic mass is 32.1. The third-order valence-electron chi connectivity index (χ3n) is 3.92. The van der Waals surface area contributed by atoms with E-state index in [1.807, 2.05) is 13.8 Å². The first-order chi connectivity index (χ1) is 9.83. The normalized spacial score (nSPS) is 22.4. The van der Waals surface area contributed by atoms with Crippen molar-refractivity contribution in [3.05, 3.63) is 11.1 Å². The van der Waals surface area contributed by atoms with Crippen LogP contribution in [0.25, 0.3) is 0 Å². The first kappa shape index (κ1) is 15.4. The molecule has 1 saturated heterocycles. The van der Waals surface area contributed by atoms with E-state index in [9.17, 15) is 4.79 Å². The maximum absolute atomic E-state index is 11.8. The summed E-state index contributed by atoms with van der Waals surface area (Å²) in [5.41, 5.74) is 1.18. The standard InChI is InChI=1S/C13H19N3OS.C2H6/c17-12(10-6-7-14-10)16-13-15-11(8-18-13)9-4-2-1-3-5-9;1-2/h8-10,14H,1-7H2,(H,15,16,17);1-2H3. The number of nitrogens with zero attached hydrogens (tertiary/aromatic N) is 1. The molecule has 1 aromatic rings. The van der Waals surface area contributed by atoms with Crippen LogP contribution in [0.15, 0.2) is 5.38 Å². The predicted molar refractivity (Wildman–Crippen MR) is 84.3 cm³/mol. The van der Waals surface area contributed by atoms with Gasteiger partial charge in [-0.1, -0.05) is 33.1 Å². The van der Waals surface area contributed by atoms with Gasteiger partial charge in [0, 0.05) is 11.3 Å². The van der Waals surface area contributed by atoms with E-state index in [1.54, 1.807) is 11.3 Å². The highest BCUT2D eigenvalue weighted by molar-refractivity contribution is 7.13. The van der Waals surface area contributed by atoms with Crippen LogP contribution in [0.3, 0.4) is 0 Å². The van der Waals surface area contributed by atoms with Crippen molar-refractivity contribution in [3.63, 3.8) is 0 Å². The summed E-state index contributed by atoms with van der Waals surface area (Å²) in [6.45, 7) is 4.95. The van der Waals surface area contributed by atoms with E-state index in [1.165, 1.54) is 37.8 Å². The maximum atomic E-state index is 11.8. The number of carbonyl (C=O) groups excluding carboxylic acids is 1.